The molecule has 2 rings (SSSR count). The third-order valence-corrected chi connectivity index (χ3v) is 3.61. The van der Waals surface area contributed by atoms with Crippen LogP contribution in [0.15, 0.2) is 24.3 Å². The summed E-state index contributed by atoms with van der Waals surface area (Å²) in [5.74, 6) is 1.69. The predicted octanol–water partition coefficient (Wildman–Crippen LogP) is 3.06. The number of nitrogens with zero attached hydrogens (tertiary/aromatic N) is 2. The van der Waals surface area contributed by atoms with Gasteiger partial charge in [0, 0.05) is 13.1 Å². The van der Waals surface area contributed by atoms with E-state index in [2.05, 4.69) is 17.9 Å². The molecule has 0 aliphatic carbocycles. The molecule has 0 amide bonds. The molecule has 19 heavy (non-hydrogen) atoms. The van der Waals surface area contributed by atoms with Gasteiger partial charge in [0.05, 0.1) is 18.2 Å². The third kappa shape index (κ3) is 4.57. The molecule has 1 aromatic rings. The SMILES string of the molecule is CC1CCCN(CCCOc2ccc(C#N)cc2)C1. The van der Waals surface area contributed by atoms with Crippen molar-refractivity contribution in [2.45, 2.75) is 26.2 Å². The maximum Gasteiger partial charge on any atom is 0.119 e. The Morgan fingerprint density at radius 3 is 2.84 bits per heavy atom. The quantitative estimate of drug-likeness (QED) is 0.762. The van der Waals surface area contributed by atoms with Crippen molar-refractivity contribution >= 4 is 0 Å². The summed E-state index contributed by atoms with van der Waals surface area (Å²) in [7, 11) is 0. The molecule has 0 aromatic heterocycles. The summed E-state index contributed by atoms with van der Waals surface area (Å²) < 4.78 is 5.69. The second kappa shape index (κ2) is 7.16. The van der Waals surface area contributed by atoms with Gasteiger partial charge in [-0.3, -0.25) is 0 Å². The van der Waals surface area contributed by atoms with Gasteiger partial charge in [-0.1, -0.05) is 6.92 Å². The Balaban J connectivity index is 1.64. The molecule has 1 atom stereocenters. The number of piperidine rings is 1. The summed E-state index contributed by atoms with van der Waals surface area (Å²) in [5, 5.41) is 8.71. The van der Waals surface area contributed by atoms with Crippen LogP contribution in [0.25, 0.3) is 0 Å². The molecule has 0 radical (unpaired) electrons. The summed E-state index contributed by atoms with van der Waals surface area (Å²) in [4.78, 5) is 2.54. The molecular formula is C16H22N2O. The molecule has 0 spiro atoms. The Morgan fingerprint density at radius 1 is 1.37 bits per heavy atom. The number of benzene rings is 1. The molecular weight excluding hydrogens is 236 g/mol. The topological polar surface area (TPSA) is 36.3 Å². The van der Waals surface area contributed by atoms with E-state index in [1.165, 1.54) is 25.9 Å². The first-order valence-corrected chi connectivity index (χ1v) is 7.13. The van der Waals surface area contributed by atoms with Crippen molar-refractivity contribution in [1.29, 1.82) is 5.26 Å². The smallest absolute Gasteiger partial charge is 0.119 e. The van der Waals surface area contributed by atoms with Crippen LogP contribution in [0.3, 0.4) is 0 Å². The van der Waals surface area contributed by atoms with Crippen LogP contribution in [0.4, 0.5) is 0 Å². The summed E-state index contributed by atoms with van der Waals surface area (Å²) in [6.45, 7) is 6.68. The Hall–Kier alpha value is -1.53. The zero-order chi connectivity index (χ0) is 13.5. The predicted molar refractivity (Wildman–Crippen MR) is 76.1 cm³/mol. The van der Waals surface area contributed by atoms with Gasteiger partial charge < -0.3 is 9.64 Å². The fourth-order valence-electron chi connectivity index (χ4n) is 2.59. The van der Waals surface area contributed by atoms with Crippen LogP contribution in [0.2, 0.25) is 0 Å². The first-order valence-electron chi connectivity index (χ1n) is 7.13. The van der Waals surface area contributed by atoms with E-state index in [9.17, 15) is 0 Å². The van der Waals surface area contributed by atoms with Crippen molar-refractivity contribution in [3.8, 4) is 11.8 Å². The maximum absolute atomic E-state index is 8.71. The van der Waals surface area contributed by atoms with Crippen LogP contribution in [0.1, 0.15) is 31.7 Å². The van der Waals surface area contributed by atoms with Gasteiger partial charge in [-0.2, -0.15) is 5.26 Å². The van der Waals surface area contributed by atoms with E-state index in [-0.39, 0.29) is 0 Å². The summed E-state index contributed by atoms with van der Waals surface area (Å²) >= 11 is 0. The standard InChI is InChI=1S/C16H22N2O/c1-14-4-2-9-18(13-14)10-3-11-19-16-7-5-15(12-17)6-8-16/h5-8,14H,2-4,9-11,13H2,1H3. The maximum atomic E-state index is 8.71. The summed E-state index contributed by atoms with van der Waals surface area (Å²) in [5.41, 5.74) is 0.676. The number of rotatable bonds is 5. The molecule has 3 nitrogen and oxygen atoms in total. The normalized spacial score (nSPS) is 19.9. The zero-order valence-electron chi connectivity index (χ0n) is 11.6. The van der Waals surface area contributed by atoms with Gasteiger partial charge in [0.15, 0.2) is 0 Å². The van der Waals surface area contributed by atoms with Crippen LogP contribution >= 0.6 is 0 Å². The van der Waals surface area contributed by atoms with Gasteiger partial charge >= 0.3 is 0 Å². The summed E-state index contributed by atoms with van der Waals surface area (Å²) in [6, 6.07) is 9.42. The van der Waals surface area contributed by atoms with Gasteiger partial charge in [0.1, 0.15) is 5.75 Å². The largest absolute Gasteiger partial charge is 0.494 e. The average Bonchev–Trinajstić information content (AvgIpc) is 2.44. The molecule has 1 saturated heterocycles. The second-order valence-corrected chi connectivity index (χ2v) is 5.39. The molecule has 1 aliphatic rings. The average molecular weight is 258 g/mol. The van der Waals surface area contributed by atoms with Gasteiger partial charge in [0.25, 0.3) is 0 Å². The molecule has 1 fully saturated rings. The highest BCUT2D eigenvalue weighted by Gasteiger charge is 2.15. The fourth-order valence-corrected chi connectivity index (χ4v) is 2.59. The van der Waals surface area contributed by atoms with Crippen LogP contribution < -0.4 is 4.74 Å². The minimum absolute atomic E-state index is 0.676. The molecule has 0 bridgehead atoms. The van der Waals surface area contributed by atoms with Gasteiger partial charge in [-0.15, -0.1) is 0 Å². The van der Waals surface area contributed by atoms with Crippen LogP contribution in [-0.4, -0.2) is 31.1 Å². The van der Waals surface area contributed by atoms with Gasteiger partial charge in [-0.25, -0.2) is 0 Å². The number of likely N-dealkylation sites (tertiary alicyclic amines) is 1. The number of hydrogen-bond donors (Lipinski definition) is 0. The molecule has 3 heteroatoms. The van der Waals surface area contributed by atoms with E-state index in [4.69, 9.17) is 10.00 Å². The lowest BCUT2D eigenvalue weighted by Crippen LogP contribution is -2.35. The van der Waals surface area contributed by atoms with E-state index in [0.717, 1.165) is 31.2 Å². The number of ether oxygens (including phenoxy) is 1. The van der Waals surface area contributed by atoms with Crippen molar-refractivity contribution in [2.75, 3.05) is 26.2 Å². The highest BCUT2D eigenvalue weighted by molar-refractivity contribution is 5.34. The summed E-state index contributed by atoms with van der Waals surface area (Å²) in [6.07, 6.45) is 3.77. The molecule has 0 N–H and O–H groups in total. The van der Waals surface area contributed by atoms with Gasteiger partial charge in [-0.05, 0) is 56.0 Å². The monoisotopic (exact) mass is 258 g/mol. The molecule has 0 saturated carbocycles. The third-order valence-electron chi connectivity index (χ3n) is 3.61. The van der Waals surface area contributed by atoms with Crippen molar-refractivity contribution in [2.24, 2.45) is 5.92 Å². The van der Waals surface area contributed by atoms with Crippen LogP contribution in [0.5, 0.6) is 5.75 Å². The molecule has 1 aliphatic heterocycles. The number of hydrogen-bond acceptors (Lipinski definition) is 3. The molecule has 102 valence electrons. The Labute approximate surface area is 115 Å². The Bertz CT molecular complexity index is 421. The van der Waals surface area contributed by atoms with Gasteiger partial charge in [0.2, 0.25) is 0 Å². The Kier molecular flexibility index (Phi) is 5.23. The highest BCUT2D eigenvalue weighted by atomic mass is 16.5. The lowest BCUT2D eigenvalue weighted by atomic mass is 10.0. The highest BCUT2D eigenvalue weighted by Crippen LogP contribution is 2.16. The zero-order valence-corrected chi connectivity index (χ0v) is 11.6. The van der Waals surface area contributed by atoms with E-state index >= 15 is 0 Å². The van der Waals surface area contributed by atoms with Crippen molar-refractivity contribution in [1.82, 2.24) is 4.90 Å². The fraction of sp³-hybridized carbons (Fsp3) is 0.562. The van der Waals surface area contributed by atoms with E-state index in [1.807, 2.05) is 12.1 Å². The lowest BCUT2D eigenvalue weighted by Gasteiger charge is -2.30. The van der Waals surface area contributed by atoms with E-state index < -0.39 is 0 Å². The lowest BCUT2D eigenvalue weighted by molar-refractivity contribution is 0.170. The van der Waals surface area contributed by atoms with Crippen molar-refractivity contribution in [3.63, 3.8) is 0 Å². The first kappa shape index (κ1) is 13.9. The van der Waals surface area contributed by atoms with Crippen molar-refractivity contribution < 1.29 is 4.74 Å². The van der Waals surface area contributed by atoms with E-state index in [1.54, 1.807) is 12.1 Å². The number of nitriles is 1. The minimum atomic E-state index is 0.676. The van der Waals surface area contributed by atoms with E-state index in [0.29, 0.717) is 5.56 Å². The second-order valence-electron chi connectivity index (χ2n) is 5.39. The van der Waals surface area contributed by atoms with Crippen LogP contribution in [-0.2, 0) is 0 Å². The Morgan fingerprint density at radius 2 is 2.16 bits per heavy atom. The molecule has 1 unspecified atom stereocenters. The molecule has 1 heterocycles. The van der Waals surface area contributed by atoms with Crippen LogP contribution in [0, 0.1) is 17.2 Å². The minimum Gasteiger partial charge on any atom is -0.494 e. The van der Waals surface area contributed by atoms with Crippen molar-refractivity contribution in [3.05, 3.63) is 29.8 Å². The molecule has 1 aromatic carbocycles. The first-order chi connectivity index (χ1) is 9.28.